The first-order valence-corrected chi connectivity index (χ1v) is 6.36. The Morgan fingerprint density at radius 3 is 2.44 bits per heavy atom. The number of methoxy groups -OCH3 is 2. The summed E-state index contributed by atoms with van der Waals surface area (Å²) in [5, 5.41) is 3.36. The molecule has 0 saturated carbocycles. The van der Waals surface area contributed by atoms with Crippen LogP contribution >= 0.6 is 0 Å². The topological polar surface area (TPSA) is 30.5 Å². The van der Waals surface area contributed by atoms with Crippen LogP contribution in [0.5, 0.6) is 5.75 Å². The summed E-state index contributed by atoms with van der Waals surface area (Å²) in [6, 6.07) is 8.53. The summed E-state index contributed by atoms with van der Waals surface area (Å²) in [5.74, 6) is 0.952. The second-order valence-corrected chi connectivity index (χ2v) is 5.17. The van der Waals surface area contributed by atoms with Crippen molar-refractivity contribution >= 4 is 0 Å². The van der Waals surface area contributed by atoms with E-state index in [9.17, 15) is 0 Å². The lowest BCUT2D eigenvalue weighted by Crippen LogP contribution is -2.37. The van der Waals surface area contributed by atoms with Crippen molar-refractivity contribution in [2.75, 3.05) is 21.3 Å². The summed E-state index contributed by atoms with van der Waals surface area (Å²) < 4.78 is 10.9. The summed E-state index contributed by atoms with van der Waals surface area (Å²) in [4.78, 5) is 0. The average Bonchev–Trinajstić information content (AvgIpc) is 2.38. The van der Waals surface area contributed by atoms with Gasteiger partial charge in [0.15, 0.2) is 0 Å². The van der Waals surface area contributed by atoms with E-state index >= 15 is 0 Å². The summed E-state index contributed by atoms with van der Waals surface area (Å²) in [7, 11) is 5.47. The normalized spacial score (nSPS) is 13.4. The van der Waals surface area contributed by atoms with Gasteiger partial charge in [0.2, 0.25) is 0 Å². The fraction of sp³-hybridized carbons (Fsp3) is 0.600. The molecular weight excluding hydrogens is 226 g/mol. The molecule has 0 aliphatic heterocycles. The summed E-state index contributed by atoms with van der Waals surface area (Å²) in [6.07, 6.45) is 1.89. The molecule has 0 radical (unpaired) electrons. The minimum atomic E-state index is -0.115. The van der Waals surface area contributed by atoms with Crippen molar-refractivity contribution in [1.29, 1.82) is 0 Å². The molecule has 0 heterocycles. The van der Waals surface area contributed by atoms with Gasteiger partial charge >= 0.3 is 0 Å². The van der Waals surface area contributed by atoms with Gasteiger partial charge in [-0.3, -0.25) is 0 Å². The molecule has 3 nitrogen and oxygen atoms in total. The van der Waals surface area contributed by atoms with Crippen LogP contribution in [0, 0.1) is 0 Å². The number of rotatable bonds is 7. The van der Waals surface area contributed by atoms with Gasteiger partial charge in [-0.1, -0.05) is 18.2 Å². The monoisotopic (exact) mass is 251 g/mol. The largest absolute Gasteiger partial charge is 0.496 e. The zero-order valence-electron chi connectivity index (χ0n) is 12.1. The zero-order valence-corrected chi connectivity index (χ0v) is 12.1. The van der Waals surface area contributed by atoms with Crippen LogP contribution < -0.4 is 10.1 Å². The molecule has 1 rings (SSSR count). The third kappa shape index (κ3) is 4.31. The second-order valence-electron chi connectivity index (χ2n) is 5.17. The second kappa shape index (κ2) is 6.76. The molecule has 0 aliphatic carbocycles. The van der Waals surface area contributed by atoms with Crippen LogP contribution in [0.4, 0.5) is 0 Å². The third-order valence-electron chi connectivity index (χ3n) is 3.36. The van der Waals surface area contributed by atoms with Crippen molar-refractivity contribution in [3.8, 4) is 5.75 Å². The van der Waals surface area contributed by atoms with E-state index in [2.05, 4.69) is 25.2 Å². The van der Waals surface area contributed by atoms with Crippen LogP contribution in [0.3, 0.4) is 0 Å². The highest BCUT2D eigenvalue weighted by Crippen LogP contribution is 2.23. The van der Waals surface area contributed by atoms with Gasteiger partial charge in [0.25, 0.3) is 0 Å². The number of benzene rings is 1. The van der Waals surface area contributed by atoms with Crippen LogP contribution in [-0.2, 0) is 11.2 Å². The molecule has 1 unspecified atom stereocenters. The zero-order chi connectivity index (χ0) is 13.6. The fourth-order valence-corrected chi connectivity index (χ4v) is 2.09. The van der Waals surface area contributed by atoms with Gasteiger partial charge in [0, 0.05) is 13.2 Å². The Hall–Kier alpha value is -1.06. The molecule has 1 N–H and O–H groups in total. The molecule has 0 amide bonds. The molecule has 0 saturated heterocycles. The Morgan fingerprint density at radius 2 is 1.89 bits per heavy atom. The van der Waals surface area contributed by atoms with E-state index < -0.39 is 0 Å². The Labute approximate surface area is 110 Å². The maximum Gasteiger partial charge on any atom is 0.122 e. The predicted octanol–water partition coefficient (Wildman–Crippen LogP) is 2.64. The van der Waals surface area contributed by atoms with Crippen LogP contribution in [-0.4, -0.2) is 32.9 Å². The summed E-state index contributed by atoms with van der Waals surface area (Å²) in [6.45, 7) is 4.22. The van der Waals surface area contributed by atoms with Gasteiger partial charge < -0.3 is 14.8 Å². The Balaban J connectivity index is 2.74. The number of nitrogens with one attached hydrogen (secondary N) is 1. The molecule has 0 aromatic heterocycles. The van der Waals surface area contributed by atoms with Crippen molar-refractivity contribution in [2.45, 2.75) is 38.3 Å². The van der Waals surface area contributed by atoms with Gasteiger partial charge in [-0.05, 0) is 45.4 Å². The lowest BCUT2D eigenvalue weighted by Gasteiger charge is -2.28. The molecule has 0 spiro atoms. The molecule has 3 heteroatoms. The van der Waals surface area contributed by atoms with Gasteiger partial charge in [0.05, 0.1) is 12.7 Å². The first kappa shape index (κ1) is 15.0. The van der Waals surface area contributed by atoms with Gasteiger partial charge in [-0.25, -0.2) is 0 Å². The van der Waals surface area contributed by atoms with Gasteiger partial charge in [-0.15, -0.1) is 0 Å². The van der Waals surface area contributed by atoms with Crippen molar-refractivity contribution < 1.29 is 9.47 Å². The van der Waals surface area contributed by atoms with Gasteiger partial charge in [0.1, 0.15) is 5.75 Å². The Morgan fingerprint density at radius 1 is 1.22 bits per heavy atom. The van der Waals surface area contributed by atoms with Crippen molar-refractivity contribution in [3.63, 3.8) is 0 Å². The number of hydrogen-bond acceptors (Lipinski definition) is 3. The van der Waals surface area contributed by atoms with E-state index in [0.717, 1.165) is 18.6 Å². The van der Waals surface area contributed by atoms with Gasteiger partial charge in [-0.2, -0.15) is 0 Å². The third-order valence-corrected chi connectivity index (χ3v) is 3.36. The highest BCUT2D eigenvalue weighted by molar-refractivity contribution is 5.33. The predicted molar refractivity (Wildman–Crippen MR) is 75.3 cm³/mol. The van der Waals surface area contributed by atoms with E-state index in [1.165, 1.54) is 5.56 Å². The molecule has 0 bridgehead atoms. The van der Waals surface area contributed by atoms with E-state index in [0.29, 0.717) is 6.04 Å². The number of likely N-dealkylation sites (N-methyl/N-ethyl adjacent to an activating group) is 1. The van der Waals surface area contributed by atoms with Crippen molar-refractivity contribution in [2.24, 2.45) is 0 Å². The average molecular weight is 251 g/mol. The van der Waals surface area contributed by atoms with Crippen LogP contribution in [0.25, 0.3) is 0 Å². The smallest absolute Gasteiger partial charge is 0.122 e. The molecule has 0 fully saturated rings. The fourth-order valence-electron chi connectivity index (χ4n) is 2.09. The Kier molecular flexibility index (Phi) is 5.63. The SMILES string of the molecule is CNC(Cc1ccccc1OC)CC(C)(C)OC. The molecule has 0 aliphatic rings. The van der Waals surface area contributed by atoms with E-state index in [-0.39, 0.29) is 5.60 Å². The highest BCUT2D eigenvalue weighted by Gasteiger charge is 2.22. The minimum Gasteiger partial charge on any atom is -0.496 e. The lowest BCUT2D eigenvalue weighted by molar-refractivity contribution is 0.00768. The van der Waals surface area contributed by atoms with E-state index in [1.54, 1.807) is 14.2 Å². The lowest BCUT2D eigenvalue weighted by atomic mass is 9.94. The molecule has 18 heavy (non-hydrogen) atoms. The number of para-hydroxylation sites is 1. The van der Waals surface area contributed by atoms with E-state index in [4.69, 9.17) is 9.47 Å². The Bertz CT molecular complexity index is 363. The molecular formula is C15H25NO2. The van der Waals surface area contributed by atoms with Crippen LogP contribution in [0.15, 0.2) is 24.3 Å². The molecule has 1 atom stereocenters. The van der Waals surface area contributed by atoms with E-state index in [1.807, 2.05) is 25.2 Å². The summed E-state index contributed by atoms with van der Waals surface area (Å²) >= 11 is 0. The standard InChI is InChI=1S/C15H25NO2/c1-15(2,18-5)11-13(16-3)10-12-8-6-7-9-14(12)17-4/h6-9,13,16H,10-11H2,1-5H3. The molecule has 102 valence electrons. The highest BCUT2D eigenvalue weighted by atomic mass is 16.5. The number of hydrogen-bond donors (Lipinski definition) is 1. The first-order valence-electron chi connectivity index (χ1n) is 6.36. The molecule has 1 aromatic rings. The molecule has 1 aromatic carbocycles. The van der Waals surface area contributed by atoms with Crippen LogP contribution in [0.1, 0.15) is 25.8 Å². The maximum atomic E-state index is 5.49. The maximum absolute atomic E-state index is 5.49. The first-order chi connectivity index (χ1) is 8.52. The van der Waals surface area contributed by atoms with Crippen molar-refractivity contribution in [3.05, 3.63) is 29.8 Å². The summed E-state index contributed by atoms with van der Waals surface area (Å²) in [5.41, 5.74) is 1.11. The minimum absolute atomic E-state index is 0.115. The number of ether oxygens (including phenoxy) is 2. The van der Waals surface area contributed by atoms with Crippen molar-refractivity contribution in [1.82, 2.24) is 5.32 Å². The van der Waals surface area contributed by atoms with Crippen LogP contribution in [0.2, 0.25) is 0 Å². The quantitative estimate of drug-likeness (QED) is 0.808.